The molecule has 2 heterocycles. The van der Waals surface area contributed by atoms with Crippen LogP contribution in [0.1, 0.15) is 37.9 Å². The van der Waals surface area contributed by atoms with E-state index >= 15 is 0 Å². The van der Waals surface area contributed by atoms with Crippen LogP contribution in [0.25, 0.3) is 16.2 Å². The van der Waals surface area contributed by atoms with Gasteiger partial charge in [-0.1, -0.05) is 45.0 Å². The van der Waals surface area contributed by atoms with Gasteiger partial charge in [-0.15, -0.1) is 11.3 Å². The first-order valence-electron chi connectivity index (χ1n) is 6.96. The zero-order chi connectivity index (χ0) is 14.3. The Morgan fingerprint density at radius 1 is 1.25 bits per heavy atom. The van der Waals surface area contributed by atoms with Crippen LogP contribution in [0.3, 0.4) is 0 Å². The Morgan fingerprint density at radius 2 is 1.95 bits per heavy atom. The molecule has 4 heteroatoms. The van der Waals surface area contributed by atoms with Crippen LogP contribution in [-0.4, -0.2) is 9.38 Å². The van der Waals surface area contributed by atoms with Gasteiger partial charge in [0.25, 0.3) is 0 Å². The number of aryl methyl sites for hydroxylation is 1. The number of hydrogen-bond acceptors (Lipinski definition) is 3. The smallest absolute Gasteiger partial charge is 0.196 e. The maximum absolute atomic E-state index is 6.29. The number of hydrogen-bond donors (Lipinski definition) is 1. The van der Waals surface area contributed by atoms with Crippen LogP contribution >= 0.6 is 11.3 Å². The molecule has 3 aromatic rings. The number of thiazole rings is 1. The molecule has 2 aromatic heterocycles. The average molecular weight is 285 g/mol. The van der Waals surface area contributed by atoms with Gasteiger partial charge in [-0.05, 0) is 23.5 Å². The molecule has 0 unspecified atom stereocenters. The number of benzene rings is 1. The van der Waals surface area contributed by atoms with Crippen molar-refractivity contribution in [1.82, 2.24) is 9.38 Å². The summed E-state index contributed by atoms with van der Waals surface area (Å²) in [6.45, 7) is 6.41. The molecule has 0 fully saturated rings. The van der Waals surface area contributed by atoms with E-state index < -0.39 is 0 Å². The second-order valence-corrected chi connectivity index (χ2v) is 6.16. The molecule has 0 bridgehead atoms. The summed E-state index contributed by atoms with van der Waals surface area (Å²) in [6.07, 6.45) is 1.06. The number of imidazole rings is 1. The molecule has 0 aliphatic rings. The lowest BCUT2D eigenvalue weighted by Gasteiger charge is -2.05. The summed E-state index contributed by atoms with van der Waals surface area (Å²) >= 11 is 1.64. The van der Waals surface area contributed by atoms with Gasteiger partial charge in [-0.25, -0.2) is 4.98 Å². The number of anilines is 1. The maximum atomic E-state index is 6.29. The van der Waals surface area contributed by atoms with Crippen molar-refractivity contribution in [2.24, 2.45) is 0 Å². The SMILES string of the molecule is CCc1ccc(-c2csc3nc(C(C)C)c(N)n23)cc1. The summed E-state index contributed by atoms with van der Waals surface area (Å²) < 4.78 is 2.07. The minimum absolute atomic E-state index is 0.345. The van der Waals surface area contributed by atoms with E-state index in [9.17, 15) is 0 Å². The maximum Gasteiger partial charge on any atom is 0.196 e. The largest absolute Gasteiger partial charge is 0.383 e. The van der Waals surface area contributed by atoms with E-state index in [1.807, 2.05) is 0 Å². The van der Waals surface area contributed by atoms with Crippen LogP contribution < -0.4 is 5.73 Å². The molecule has 0 aliphatic heterocycles. The number of aromatic nitrogens is 2. The van der Waals surface area contributed by atoms with Gasteiger partial charge >= 0.3 is 0 Å². The van der Waals surface area contributed by atoms with Gasteiger partial charge in [-0.3, -0.25) is 4.40 Å². The third-order valence-corrected chi connectivity index (χ3v) is 4.46. The van der Waals surface area contributed by atoms with Crippen molar-refractivity contribution in [3.05, 3.63) is 40.9 Å². The molecule has 2 N–H and O–H groups in total. The lowest BCUT2D eigenvalue weighted by atomic mass is 10.1. The molecule has 3 nitrogen and oxygen atoms in total. The molecule has 0 spiro atoms. The molecule has 3 rings (SSSR count). The Kier molecular flexibility index (Phi) is 3.26. The van der Waals surface area contributed by atoms with Crippen LogP contribution in [0.4, 0.5) is 5.82 Å². The zero-order valence-corrected chi connectivity index (χ0v) is 12.9. The van der Waals surface area contributed by atoms with Gasteiger partial charge in [-0.2, -0.15) is 0 Å². The number of rotatable bonds is 3. The van der Waals surface area contributed by atoms with Gasteiger partial charge in [0.1, 0.15) is 5.82 Å². The topological polar surface area (TPSA) is 43.3 Å². The Bertz CT molecular complexity index is 735. The summed E-state index contributed by atoms with van der Waals surface area (Å²) in [5.74, 6) is 1.11. The monoisotopic (exact) mass is 285 g/mol. The Hall–Kier alpha value is -1.81. The van der Waals surface area contributed by atoms with Crippen molar-refractivity contribution in [3.8, 4) is 11.3 Å². The molecule has 0 atom stereocenters. The summed E-state index contributed by atoms with van der Waals surface area (Å²) in [7, 11) is 0. The van der Waals surface area contributed by atoms with Gasteiger partial charge in [0.05, 0.1) is 11.4 Å². The molecule has 104 valence electrons. The first-order valence-corrected chi connectivity index (χ1v) is 7.84. The van der Waals surface area contributed by atoms with E-state index in [0.717, 1.165) is 28.6 Å². The number of fused-ring (bicyclic) bond motifs is 1. The van der Waals surface area contributed by atoms with Gasteiger partial charge in [0, 0.05) is 5.38 Å². The Morgan fingerprint density at radius 3 is 2.55 bits per heavy atom. The molecule has 20 heavy (non-hydrogen) atoms. The Labute approximate surface area is 123 Å². The number of nitrogens with zero attached hydrogens (tertiary/aromatic N) is 2. The van der Waals surface area contributed by atoms with Gasteiger partial charge < -0.3 is 5.73 Å². The summed E-state index contributed by atoms with van der Waals surface area (Å²) in [4.78, 5) is 5.62. The van der Waals surface area contributed by atoms with E-state index in [-0.39, 0.29) is 0 Å². The van der Waals surface area contributed by atoms with Crippen molar-refractivity contribution >= 4 is 22.1 Å². The van der Waals surface area contributed by atoms with Crippen molar-refractivity contribution < 1.29 is 0 Å². The van der Waals surface area contributed by atoms with Crippen LogP contribution in [0.15, 0.2) is 29.6 Å². The van der Waals surface area contributed by atoms with Crippen molar-refractivity contribution in [2.45, 2.75) is 33.1 Å². The molecule has 1 aromatic carbocycles. The fourth-order valence-corrected chi connectivity index (χ4v) is 3.35. The predicted octanol–water partition coefficient (Wildman–Crippen LogP) is 4.33. The standard InChI is InChI=1S/C16H19N3S/c1-4-11-5-7-12(8-6-11)13-9-20-16-18-14(10(2)3)15(17)19(13)16/h5-10H,4,17H2,1-3H3. The highest BCUT2D eigenvalue weighted by Gasteiger charge is 2.17. The highest BCUT2D eigenvalue weighted by atomic mass is 32.1. The molecular formula is C16H19N3S. The molecule has 0 amide bonds. The Balaban J connectivity index is 2.15. The zero-order valence-electron chi connectivity index (χ0n) is 12.1. The van der Waals surface area contributed by atoms with Gasteiger partial charge in [0.15, 0.2) is 4.96 Å². The van der Waals surface area contributed by atoms with Crippen molar-refractivity contribution in [1.29, 1.82) is 0 Å². The van der Waals surface area contributed by atoms with E-state index in [1.54, 1.807) is 11.3 Å². The third-order valence-electron chi connectivity index (χ3n) is 3.63. The van der Waals surface area contributed by atoms with E-state index in [0.29, 0.717) is 5.92 Å². The van der Waals surface area contributed by atoms with Gasteiger partial charge in [0.2, 0.25) is 0 Å². The van der Waals surface area contributed by atoms with Crippen LogP contribution in [0.2, 0.25) is 0 Å². The lowest BCUT2D eigenvalue weighted by molar-refractivity contribution is 0.838. The fraction of sp³-hybridized carbons (Fsp3) is 0.312. The minimum atomic E-state index is 0.345. The second kappa shape index (κ2) is 4.94. The second-order valence-electron chi connectivity index (χ2n) is 5.33. The number of nitrogens with two attached hydrogens (primary N) is 1. The number of nitrogen functional groups attached to an aromatic ring is 1. The molecular weight excluding hydrogens is 266 g/mol. The summed E-state index contributed by atoms with van der Waals surface area (Å²) in [6, 6.07) is 8.67. The lowest BCUT2D eigenvalue weighted by Crippen LogP contribution is -1.98. The molecule has 0 aliphatic carbocycles. The average Bonchev–Trinajstić information content (AvgIpc) is 3.00. The first kappa shape index (κ1) is 13.2. The van der Waals surface area contributed by atoms with Crippen molar-refractivity contribution in [3.63, 3.8) is 0 Å². The third kappa shape index (κ3) is 2.00. The van der Waals surface area contributed by atoms with E-state index in [1.165, 1.54) is 11.1 Å². The highest BCUT2D eigenvalue weighted by molar-refractivity contribution is 7.15. The first-order chi connectivity index (χ1) is 9.61. The van der Waals surface area contributed by atoms with E-state index in [4.69, 9.17) is 5.73 Å². The summed E-state index contributed by atoms with van der Waals surface area (Å²) in [5, 5.41) is 2.13. The van der Waals surface area contributed by atoms with Crippen LogP contribution in [-0.2, 0) is 6.42 Å². The quantitative estimate of drug-likeness (QED) is 0.778. The van der Waals surface area contributed by atoms with Crippen LogP contribution in [0.5, 0.6) is 0 Å². The molecule has 0 saturated carbocycles. The molecule has 0 radical (unpaired) electrons. The van der Waals surface area contributed by atoms with Crippen molar-refractivity contribution in [2.75, 3.05) is 5.73 Å². The normalized spacial score (nSPS) is 11.6. The predicted molar refractivity (Wildman–Crippen MR) is 86.4 cm³/mol. The summed E-state index contributed by atoms with van der Waals surface area (Å²) in [5.41, 5.74) is 10.9. The molecule has 0 saturated heterocycles. The fourth-order valence-electron chi connectivity index (χ4n) is 2.43. The minimum Gasteiger partial charge on any atom is -0.383 e. The van der Waals surface area contributed by atoms with E-state index in [2.05, 4.69) is 59.8 Å². The highest BCUT2D eigenvalue weighted by Crippen LogP contribution is 2.32. The van der Waals surface area contributed by atoms with Crippen LogP contribution in [0, 0.1) is 0 Å².